The van der Waals surface area contributed by atoms with E-state index in [4.69, 9.17) is 0 Å². The molecule has 2 rings (SSSR count). The summed E-state index contributed by atoms with van der Waals surface area (Å²) in [5.41, 5.74) is 1.29. The van der Waals surface area contributed by atoms with Crippen molar-refractivity contribution >= 4 is 17.4 Å². The van der Waals surface area contributed by atoms with Gasteiger partial charge in [0.15, 0.2) is 5.78 Å². The van der Waals surface area contributed by atoms with Gasteiger partial charge in [-0.15, -0.1) is 0 Å². The van der Waals surface area contributed by atoms with Crippen molar-refractivity contribution in [3.05, 3.63) is 48.3 Å². The second-order valence-electron chi connectivity index (χ2n) is 3.89. The fourth-order valence-corrected chi connectivity index (χ4v) is 1.53. The molecule has 5 heteroatoms. The van der Waals surface area contributed by atoms with E-state index in [-0.39, 0.29) is 18.2 Å². The molecule has 18 heavy (non-hydrogen) atoms. The maximum Gasteiger partial charge on any atom is 0.246 e. The average molecular weight is 243 g/mol. The molecule has 0 saturated heterocycles. The van der Waals surface area contributed by atoms with Gasteiger partial charge in [-0.1, -0.05) is 0 Å². The summed E-state index contributed by atoms with van der Waals surface area (Å²) in [7, 11) is 0. The predicted molar refractivity (Wildman–Crippen MR) is 67.3 cm³/mol. The lowest BCUT2D eigenvalue weighted by Gasteiger charge is -2.05. The second-order valence-corrected chi connectivity index (χ2v) is 3.89. The van der Waals surface area contributed by atoms with E-state index in [0.717, 1.165) is 0 Å². The fourth-order valence-electron chi connectivity index (χ4n) is 1.53. The van der Waals surface area contributed by atoms with Crippen LogP contribution in [0.3, 0.4) is 0 Å². The molecule has 1 heterocycles. The number of carbonyl (C=O) groups is 2. The number of anilines is 1. The number of hydrogen-bond donors (Lipinski definition) is 1. The van der Waals surface area contributed by atoms with Gasteiger partial charge in [0.2, 0.25) is 5.91 Å². The maximum absolute atomic E-state index is 11.7. The number of ketones is 1. The molecule has 0 aliphatic heterocycles. The predicted octanol–water partition coefficient (Wildman–Crippen LogP) is 1.72. The zero-order chi connectivity index (χ0) is 13.0. The Morgan fingerprint density at radius 3 is 2.56 bits per heavy atom. The van der Waals surface area contributed by atoms with Crippen LogP contribution in [0.5, 0.6) is 0 Å². The molecule has 0 aliphatic carbocycles. The number of nitrogens with zero attached hydrogens (tertiary/aromatic N) is 2. The smallest absolute Gasteiger partial charge is 0.246 e. The number of hydrogen-bond acceptors (Lipinski definition) is 3. The zero-order valence-electron chi connectivity index (χ0n) is 9.96. The van der Waals surface area contributed by atoms with Crippen molar-refractivity contribution in [2.75, 3.05) is 5.32 Å². The number of rotatable bonds is 4. The molecule has 92 valence electrons. The summed E-state index contributed by atoms with van der Waals surface area (Å²) in [6, 6.07) is 8.54. The molecule has 0 bridgehead atoms. The number of aromatic nitrogens is 2. The lowest BCUT2D eigenvalue weighted by Crippen LogP contribution is -2.18. The van der Waals surface area contributed by atoms with E-state index in [1.165, 1.54) is 6.92 Å². The quantitative estimate of drug-likeness (QED) is 0.832. The molecule has 1 aromatic heterocycles. The van der Waals surface area contributed by atoms with Gasteiger partial charge in [0.05, 0.1) is 0 Å². The lowest BCUT2D eigenvalue weighted by molar-refractivity contribution is -0.116. The summed E-state index contributed by atoms with van der Waals surface area (Å²) < 4.78 is 1.54. The molecule has 0 saturated carbocycles. The van der Waals surface area contributed by atoms with Crippen LogP contribution in [0.2, 0.25) is 0 Å². The Hall–Kier alpha value is -2.43. The van der Waals surface area contributed by atoms with E-state index in [1.807, 2.05) is 0 Å². The van der Waals surface area contributed by atoms with Gasteiger partial charge >= 0.3 is 0 Å². The molecule has 0 fully saturated rings. The lowest BCUT2D eigenvalue weighted by atomic mass is 10.1. The van der Waals surface area contributed by atoms with E-state index in [1.54, 1.807) is 47.4 Å². The summed E-state index contributed by atoms with van der Waals surface area (Å²) >= 11 is 0. The highest BCUT2D eigenvalue weighted by Gasteiger charge is 2.04. The third kappa shape index (κ3) is 3.04. The zero-order valence-corrected chi connectivity index (χ0v) is 9.96. The van der Waals surface area contributed by atoms with E-state index in [0.29, 0.717) is 11.3 Å². The van der Waals surface area contributed by atoms with Gasteiger partial charge in [-0.25, -0.2) is 0 Å². The van der Waals surface area contributed by atoms with Crippen LogP contribution in [0.25, 0.3) is 0 Å². The first-order valence-electron chi connectivity index (χ1n) is 5.53. The number of benzene rings is 1. The van der Waals surface area contributed by atoms with Crippen LogP contribution >= 0.6 is 0 Å². The van der Waals surface area contributed by atoms with E-state index in [9.17, 15) is 9.59 Å². The third-order valence-electron chi connectivity index (χ3n) is 2.44. The Morgan fingerprint density at radius 2 is 2.00 bits per heavy atom. The maximum atomic E-state index is 11.7. The Morgan fingerprint density at radius 1 is 1.28 bits per heavy atom. The molecule has 0 spiro atoms. The molecule has 0 unspecified atom stereocenters. The van der Waals surface area contributed by atoms with Gasteiger partial charge in [-0.05, 0) is 37.3 Å². The van der Waals surface area contributed by atoms with Crippen LogP contribution in [0.4, 0.5) is 5.69 Å². The minimum absolute atomic E-state index is 0.00409. The molecule has 1 N–H and O–H groups in total. The van der Waals surface area contributed by atoms with Crippen LogP contribution < -0.4 is 5.32 Å². The van der Waals surface area contributed by atoms with Crippen molar-refractivity contribution in [2.45, 2.75) is 13.5 Å². The normalized spacial score (nSPS) is 10.1. The van der Waals surface area contributed by atoms with Gasteiger partial charge in [0, 0.05) is 23.6 Å². The van der Waals surface area contributed by atoms with Gasteiger partial charge in [-0.2, -0.15) is 5.10 Å². The summed E-state index contributed by atoms with van der Waals surface area (Å²) in [5, 5.41) is 6.68. The van der Waals surface area contributed by atoms with E-state index >= 15 is 0 Å². The first-order valence-corrected chi connectivity index (χ1v) is 5.53. The molecular formula is C13H13N3O2. The Labute approximate surface area is 104 Å². The summed E-state index contributed by atoms with van der Waals surface area (Å²) in [6.45, 7) is 1.67. The molecule has 0 atom stereocenters. The van der Waals surface area contributed by atoms with Crippen molar-refractivity contribution in [3.8, 4) is 0 Å². The van der Waals surface area contributed by atoms with Gasteiger partial charge in [0.25, 0.3) is 0 Å². The van der Waals surface area contributed by atoms with Crippen LogP contribution in [0, 0.1) is 0 Å². The summed E-state index contributed by atoms with van der Waals surface area (Å²) in [4.78, 5) is 22.8. The molecule has 2 aromatic rings. The van der Waals surface area contributed by atoms with Crippen LogP contribution in [0.15, 0.2) is 42.7 Å². The van der Waals surface area contributed by atoms with Crippen LogP contribution in [-0.4, -0.2) is 21.5 Å². The third-order valence-corrected chi connectivity index (χ3v) is 2.44. The highest BCUT2D eigenvalue weighted by atomic mass is 16.2. The van der Waals surface area contributed by atoms with E-state index in [2.05, 4.69) is 10.4 Å². The number of amides is 1. The van der Waals surface area contributed by atoms with Crippen LogP contribution in [-0.2, 0) is 11.3 Å². The molecule has 1 amide bonds. The molecular weight excluding hydrogens is 230 g/mol. The van der Waals surface area contributed by atoms with Crippen molar-refractivity contribution in [1.29, 1.82) is 0 Å². The minimum atomic E-state index is -0.158. The highest BCUT2D eigenvalue weighted by molar-refractivity contribution is 5.95. The van der Waals surface area contributed by atoms with Gasteiger partial charge in [0.1, 0.15) is 6.54 Å². The second kappa shape index (κ2) is 5.27. The fraction of sp³-hybridized carbons (Fsp3) is 0.154. The SMILES string of the molecule is CC(=O)c1ccc(NC(=O)Cn2cccn2)cc1. The minimum Gasteiger partial charge on any atom is -0.324 e. The average Bonchev–Trinajstić information content (AvgIpc) is 2.82. The summed E-state index contributed by atoms with van der Waals surface area (Å²) in [6.07, 6.45) is 3.34. The first-order chi connectivity index (χ1) is 8.65. The standard InChI is InChI=1S/C13H13N3O2/c1-10(17)11-3-5-12(6-4-11)15-13(18)9-16-8-2-7-14-16/h2-8H,9H2,1H3,(H,15,18). The van der Waals surface area contributed by atoms with Crippen molar-refractivity contribution in [3.63, 3.8) is 0 Å². The molecule has 5 nitrogen and oxygen atoms in total. The Balaban J connectivity index is 1.97. The largest absolute Gasteiger partial charge is 0.324 e. The summed E-state index contributed by atoms with van der Waals surface area (Å²) in [5.74, 6) is -0.154. The first kappa shape index (κ1) is 12.0. The monoisotopic (exact) mass is 243 g/mol. The molecule has 0 aliphatic rings. The number of carbonyl (C=O) groups excluding carboxylic acids is 2. The topological polar surface area (TPSA) is 64.0 Å². The molecule has 1 aromatic carbocycles. The van der Waals surface area contributed by atoms with Crippen molar-refractivity contribution in [2.24, 2.45) is 0 Å². The molecule has 0 radical (unpaired) electrons. The number of nitrogens with one attached hydrogen (secondary N) is 1. The Bertz CT molecular complexity index is 544. The highest BCUT2D eigenvalue weighted by Crippen LogP contribution is 2.10. The van der Waals surface area contributed by atoms with Crippen LogP contribution in [0.1, 0.15) is 17.3 Å². The van der Waals surface area contributed by atoms with Gasteiger partial charge < -0.3 is 5.32 Å². The van der Waals surface area contributed by atoms with E-state index < -0.39 is 0 Å². The Kier molecular flexibility index (Phi) is 3.52. The van der Waals surface area contributed by atoms with Crippen molar-refractivity contribution in [1.82, 2.24) is 9.78 Å². The van der Waals surface area contributed by atoms with Crippen molar-refractivity contribution < 1.29 is 9.59 Å². The number of Topliss-reactive ketones (excluding diaryl/α,β-unsaturated/α-hetero) is 1. The van der Waals surface area contributed by atoms with Gasteiger partial charge in [-0.3, -0.25) is 14.3 Å².